The van der Waals surface area contributed by atoms with E-state index in [0.717, 1.165) is 27.9 Å². The predicted molar refractivity (Wildman–Crippen MR) is 96.3 cm³/mol. The lowest BCUT2D eigenvalue weighted by molar-refractivity contribution is 0.269. The molecule has 0 unspecified atom stereocenters. The Labute approximate surface area is 144 Å². The first-order chi connectivity index (χ1) is 12.2. The summed E-state index contributed by atoms with van der Waals surface area (Å²) >= 11 is 0. The van der Waals surface area contributed by atoms with E-state index in [0.29, 0.717) is 11.9 Å². The molecule has 0 bridgehead atoms. The molecule has 0 aliphatic carbocycles. The second-order valence-electron chi connectivity index (χ2n) is 6.08. The lowest BCUT2D eigenvalue weighted by Gasteiger charge is -2.09. The lowest BCUT2D eigenvalue weighted by Crippen LogP contribution is -2.01. The highest BCUT2D eigenvalue weighted by Crippen LogP contribution is 2.28. The Morgan fingerprint density at radius 2 is 2.00 bits per heavy atom. The van der Waals surface area contributed by atoms with Gasteiger partial charge >= 0.3 is 0 Å². The van der Waals surface area contributed by atoms with Gasteiger partial charge in [-0.25, -0.2) is 4.39 Å². The predicted octanol–water partition coefficient (Wildman–Crippen LogP) is 3.93. The Bertz CT molecular complexity index is 1050. The molecule has 0 aliphatic heterocycles. The van der Waals surface area contributed by atoms with Crippen molar-refractivity contribution in [2.75, 3.05) is 6.61 Å². The molecule has 0 atom stereocenters. The highest BCUT2D eigenvalue weighted by atomic mass is 19.1. The van der Waals surface area contributed by atoms with Crippen molar-refractivity contribution in [3.63, 3.8) is 0 Å². The fourth-order valence-electron chi connectivity index (χ4n) is 3.18. The number of aliphatic hydroxyl groups is 1. The first kappa shape index (κ1) is 15.6. The molecule has 0 amide bonds. The molecule has 0 fully saturated rings. The van der Waals surface area contributed by atoms with Gasteiger partial charge in [0.1, 0.15) is 5.82 Å². The van der Waals surface area contributed by atoms with Crippen molar-refractivity contribution in [2.45, 2.75) is 13.5 Å². The van der Waals surface area contributed by atoms with Gasteiger partial charge < -0.3 is 9.67 Å². The van der Waals surface area contributed by atoms with Crippen LogP contribution in [0.2, 0.25) is 0 Å². The number of aliphatic hydroxyl groups excluding tert-OH is 1. The van der Waals surface area contributed by atoms with Crippen LogP contribution in [0.5, 0.6) is 0 Å². The number of hydrogen-bond donors (Lipinski definition) is 1. The molecule has 25 heavy (non-hydrogen) atoms. The van der Waals surface area contributed by atoms with Crippen LogP contribution >= 0.6 is 0 Å². The molecule has 4 aromatic rings. The quantitative estimate of drug-likeness (QED) is 0.614. The molecule has 2 heterocycles. The zero-order valence-electron chi connectivity index (χ0n) is 13.9. The van der Waals surface area contributed by atoms with Gasteiger partial charge in [-0.05, 0) is 42.3 Å². The maximum atomic E-state index is 14.1. The summed E-state index contributed by atoms with van der Waals surface area (Å²) in [5.74, 6) is -0.208. The molecule has 2 aromatic heterocycles. The van der Waals surface area contributed by atoms with Crippen LogP contribution in [0.1, 0.15) is 5.56 Å². The average Bonchev–Trinajstić information content (AvgIpc) is 3.26. The minimum Gasteiger partial charge on any atom is -0.394 e. The largest absolute Gasteiger partial charge is 0.394 e. The summed E-state index contributed by atoms with van der Waals surface area (Å²) < 4.78 is 17.8. The summed E-state index contributed by atoms with van der Waals surface area (Å²) in [4.78, 5) is 0. The third-order valence-electron chi connectivity index (χ3n) is 4.42. The third-order valence-corrected chi connectivity index (χ3v) is 4.42. The van der Waals surface area contributed by atoms with Crippen molar-refractivity contribution < 1.29 is 9.50 Å². The number of halogens is 1. The van der Waals surface area contributed by atoms with Gasteiger partial charge in [0, 0.05) is 29.0 Å². The number of aromatic nitrogens is 3. The maximum absolute atomic E-state index is 14.1. The Morgan fingerprint density at radius 1 is 1.12 bits per heavy atom. The van der Waals surface area contributed by atoms with E-state index in [1.807, 2.05) is 48.1 Å². The van der Waals surface area contributed by atoms with Crippen LogP contribution < -0.4 is 0 Å². The van der Waals surface area contributed by atoms with Gasteiger partial charge in [-0.3, -0.25) is 4.68 Å². The highest BCUT2D eigenvalue weighted by Gasteiger charge is 2.11. The fraction of sp³-hybridized carbons (Fsp3) is 0.150. The summed E-state index contributed by atoms with van der Waals surface area (Å²) in [5.41, 5.74) is 4.89. The zero-order valence-corrected chi connectivity index (χ0v) is 13.9. The van der Waals surface area contributed by atoms with Crippen molar-refractivity contribution in [1.29, 1.82) is 0 Å². The summed E-state index contributed by atoms with van der Waals surface area (Å²) in [5, 5.41) is 13.9. The molecular formula is C20H18FN3O. The van der Waals surface area contributed by atoms with Crippen molar-refractivity contribution in [3.05, 3.63) is 72.4 Å². The van der Waals surface area contributed by atoms with E-state index in [2.05, 4.69) is 11.2 Å². The first-order valence-corrected chi connectivity index (χ1v) is 8.17. The zero-order chi connectivity index (χ0) is 17.4. The van der Waals surface area contributed by atoms with E-state index in [1.54, 1.807) is 16.9 Å². The third kappa shape index (κ3) is 2.72. The van der Waals surface area contributed by atoms with Gasteiger partial charge in [-0.2, -0.15) is 5.10 Å². The van der Waals surface area contributed by atoms with E-state index >= 15 is 0 Å². The molecule has 2 aromatic carbocycles. The van der Waals surface area contributed by atoms with Crippen molar-refractivity contribution >= 4 is 10.9 Å². The molecular weight excluding hydrogens is 317 g/mol. The van der Waals surface area contributed by atoms with Crippen LogP contribution in [-0.2, 0) is 6.54 Å². The van der Waals surface area contributed by atoms with Gasteiger partial charge in [-0.1, -0.05) is 18.2 Å². The Balaban J connectivity index is 1.81. The van der Waals surface area contributed by atoms with Crippen LogP contribution in [0.25, 0.3) is 27.7 Å². The van der Waals surface area contributed by atoms with Crippen LogP contribution in [0.4, 0.5) is 4.39 Å². The number of benzene rings is 2. The SMILES string of the molecule is Cc1ccc(F)c2ccn(-c3cccc(-c4cnn(CCO)c4)c3)c12. The van der Waals surface area contributed by atoms with Gasteiger partial charge in [0.25, 0.3) is 0 Å². The topological polar surface area (TPSA) is 43.0 Å². The average molecular weight is 335 g/mol. The molecule has 0 radical (unpaired) electrons. The van der Waals surface area contributed by atoms with Crippen LogP contribution in [0, 0.1) is 12.7 Å². The monoisotopic (exact) mass is 335 g/mol. The van der Waals surface area contributed by atoms with E-state index in [-0.39, 0.29) is 12.4 Å². The summed E-state index contributed by atoms with van der Waals surface area (Å²) in [6.07, 6.45) is 5.59. The second-order valence-corrected chi connectivity index (χ2v) is 6.08. The van der Waals surface area contributed by atoms with E-state index in [1.165, 1.54) is 6.07 Å². The fourth-order valence-corrected chi connectivity index (χ4v) is 3.18. The van der Waals surface area contributed by atoms with Gasteiger partial charge in [0.05, 0.1) is 24.9 Å². The van der Waals surface area contributed by atoms with Gasteiger partial charge in [-0.15, -0.1) is 0 Å². The minimum atomic E-state index is -0.208. The highest BCUT2D eigenvalue weighted by molar-refractivity contribution is 5.85. The number of nitrogens with zero attached hydrogens (tertiary/aromatic N) is 3. The Hall–Kier alpha value is -2.92. The van der Waals surface area contributed by atoms with Crippen LogP contribution in [0.15, 0.2) is 61.1 Å². The Morgan fingerprint density at radius 3 is 2.84 bits per heavy atom. The number of fused-ring (bicyclic) bond motifs is 1. The van der Waals surface area contributed by atoms with Crippen molar-refractivity contribution in [3.8, 4) is 16.8 Å². The second kappa shape index (κ2) is 6.18. The number of rotatable bonds is 4. The summed E-state index contributed by atoms with van der Waals surface area (Å²) in [6, 6.07) is 13.2. The summed E-state index contributed by atoms with van der Waals surface area (Å²) in [7, 11) is 0. The van der Waals surface area contributed by atoms with Crippen LogP contribution in [0.3, 0.4) is 0 Å². The molecule has 0 saturated heterocycles. The summed E-state index contributed by atoms with van der Waals surface area (Å²) in [6.45, 7) is 2.52. The molecule has 1 N–H and O–H groups in total. The molecule has 0 spiro atoms. The normalized spacial score (nSPS) is 11.3. The smallest absolute Gasteiger partial charge is 0.132 e. The van der Waals surface area contributed by atoms with Gasteiger partial charge in [0.2, 0.25) is 0 Å². The molecule has 4 rings (SSSR count). The standard InChI is InChI=1S/C20H18FN3O/c1-14-5-6-19(21)18-7-8-24(20(14)18)17-4-2-3-15(11-17)16-12-22-23(13-16)9-10-25/h2-8,11-13,25H,9-10H2,1H3. The number of hydrogen-bond acceptors (Lipinski definition) is 2. The number of aryl methyl sites for hydroxylation is 1. The van der Waals surface area contributed by atoms with Crippen LogP contribution in [-0.4, -0.2) is 26.1 Å². The van der Waals surface area contributed by atoms with Crippen molar-refractivity contribution in [1.82, 2.24) is 14.3 Å². The molecule has 0 saturated carbocycles. The lowest BCUT2D eigenvalue weighted by atomic mass is 10.1. The molecule has 0 aliphatic rings. The van der Waals surface area contributed by atoms with E-state index in [9.17, 15) is 4.39 Å². The van der Waals surface area contributed by atoms with Crippen molar-refractivity contribution in [2.24, 2.45) is 0 Å². The van der Waals surface area contributed by atoms with E-state index in [4.69, 9.17) is 5.11 Å². The molecule has 126 valence electrons. The first-order valence-electron chi connectivity index (χ1n) is 8.17. The molecule has 4 nitrogen and oxygen atoms in total. The van der Waals surface area contributed by atoms with E-state index < -0.39 is 0 Å². The Kier molecular flexibility index (Phi) is 3.86. The maximum Gasteiger partial charge on any atom is 0.132 e. The van der Waals surface area contributed by atoms with Gasteiger partial charge in [0.15, 0.2) is 0 Å². The minimum absolute atomic E-state index is 0.0569. The molecule has 5 heteroatoms.